The van der Waals surface area contributed by atoms with E-state index in [-0.39, 0.29) is 6.61 Å². The van der Waals surface area contributed by atoms with Gasteiger partial charge in [0.1, 0.15) is 12.4 Å². The first-order valence-corrected chi connectivity index (χ1v) is 9.04. The van der Waals surface area contributed by atoms with Gasteiger partial charge in [-0.3, -0.25) is 4.79 Å². The molecule has 0 aliphatic carbocycles. The van der Waals surface area contributed by atoms with E-state index in [0.29, 0.717) is 22.4 Å². The lowest BCUT2D eigenvalue weighted by Gasteiger charge is -2.11. The molecule has 0 aromatic heterocycles. The maximum Gasteiger partial charge on any atom is 0.339 e. The van der Waals surface area contributed by atoms with Crippen molar-refractivity contribution in [3.05, 3.63) is 101 Å². The zero-order valence-electron chi connectivity index (χ0n) is 16.0. The Morgan fingerprint density at radius 2 is 1.59 bits per heavy atom. The van der Waals surface area contributed by atoms with Crippen LogP contribution in [0, 0.1) is 0 Å². The Balaban J connectivity index is 1.88. The van der Waals surface area contributed by atoms with E-state index in [1.54, 1.807) is 37.5 Å². The van der Waals surface area contributed by atoms with Crippen molar-refractivity contribution < 1.29 is 19.1 Å². The van der Waals surface area contributed by atoms with E-state index in [1.165, 1.54) is 0 Å². The lowest BCUT2D eigenvalue weighted by Crippen LogP contribution is -2.12. The molecule has 0 aliphatic heterocycles. The minimum Gasteiger partial charge on any atom is -0.496 e. The van der Waals surface area contributed by atoms with E-state index in [0.717, 1.165) is 11.1 Å². The van der Waals surface area contributed by atoms with Crippen LogP contribution in [-0.2, 0) is 16.1 Å². The predicted molar refractivity (Wildman–Crippen MR) is 112 cm³/mol. The molecule has 1 amide bonds. The van der Waals surface area contributed by atoms with Gasteiger partial charge in [-0.15, -0.1) is 0 Å². The van der Waals surface area contributed by atoms with Gasteiger partial charge in [0.05, 0.1) is 12.7 Å². The lowest BCUT2D eigenvalue weighted by atomic mass is 10.0. The van der Waals surface area contributed by atoms with Crippen LogP contribution in [0.4, 0.5) is 0 Å². The summed E-state index contributed by atoms with van der Waals surface area (Å²) in [6.45, 7) is 0.0239. The van der Waals surface area contributed by atoms with Crippen LogP contribution in [0.2, 0.25) is 0 Å². The summed E-state index contributed by atoms with van der Waals surface area (Å²) >= 11 is 0. The second-order valence-electron chi connectivity index (χ2n) is 6.31. The summed E-state index contributed by atoms with van der Waals surface area (Å²) in [7, 11) is 1.58. The van der Waals surface area contributed by atoms with Crippen LogP contribution in [0.5, 0.6) is 5.75 Å². The van der Waals surface area contributed by atoms with E-state index in [4.69, 9.17) is 15.2 Å². The van der Waals surface area contributed by atoms with E-state index < -0.39 is 11.9 Å². The summed E-state index contributed by atoms with van der Waals surface area (Å²) in [6.07, 6.45) is 1.75. The van der Waals surface area contributed by atoms with Gasteiger partial charge in [-0.25, -0.2) is 4.79 Å². The van der Waals surface area contributed by atoms with E-state index in [1.807, 2.05) is 54.6 Å². The molecule has 29 heavy (non-hydrogen) atoms. The zero-order valence-corrected chi connectivity index (χ0v) is 16.0. The molecule has 3 aromatic rings. The van der Waals surface area contributed by atoms with Gasteiger partial charge in [0, 0.05) is 11.1 Å². The number of ether oxygens (including phenoxy) is 2. The van der Waals surface area contributed by atoms with Crippen molar-refractivity contribution in [3.8, 4) is 5.75 Å². The van der Waals surface area contributed by atoms with Gasteiger partial charge < -0.3 is 15.2 Å². The maximum atomic E-state index is 12.9. The summed E-state index contributed by atoms with van der Waals surface area (Å²) in [6, 6.07) is 23.4. The molecule has 5 nitrogen and oxygen atoms in total. The average molecular weight is 387 g/mol. The number of amides is 1. The standard InChI is InChI=1S/C24H21NO4/c1-28-22-13-6-5-11-19(22)15-21(18-9-3-2-4-10-18)24(27)29-16-17-8-7-12-20(14-17)23(25)26/h2-15H,16H2,1H3,(H2,25,26)/b21-15+. The quantitative estimate of drug-likeness (QED) is 0.376. The Kier molecular flexibility index (Phi) is 6.43. The van der Waals surface area contributed by atoms with E-state index >= 15 is 0 Å². The first kappa shape index (κ1) is 19.9. The number of carbonyl (C=O) groups excluding carboxylic acids is 2. The molecule has 0 unspecified atom stereocenters. The minimum absolute atomic E-state index is 0.0239. The molecular formula is C24H21NO4. The fraction of sp³-hybridized carbons (Fsp3) is 0.0833. The lowest BCUT2D eigenvalue weighted by molar-refractivity contribution is -0.137. The second-order valence-corrected chi connectivity index (χ2v) is 6.31. The van der Waals surface area contributed by atoms with Gasteiger partial charge in [-0.2, -0.15) is 0 Å². The van der Waals surface area contributed by atoms with Crippen molar-refractivity contribution in [2.75, 3.05) is 7.11 Å². The number of primary amides is 1. The number of rotatable bonds is 7. The normalized spacial score (nSPS) is 11.0. The molecule has 0 bridgehead atoms. The van der Waals surface area contributed by atoms with Gasteiger partial charge in [-0.1, -0.05) is 60.7 Å². The first-order chi connectivity index (χ1) is 14.1. The van der Waals surface area contributed by atoms with Gasteiger partial charge in [0.15, 0.2) is 0 Å². The fourth-order valence-electron chi connectivity index (χ4n) is 2.86. The van der Waals surface area contributed by atoms with E-state index in [2.05, 4.69) is 0 Å². The molecule has 0 spiro atoms. The number of hydrogen-bond donors (Lipinski definition) is 1. The molecule has 0 heterocycles. The van der Waals surface area contributed by atoms with Crippen LogP contribution in [-0.4, -0.2) is 19.0 Å². The van der Waals surface area contributed by atoms with E-state index in [9.17, 15) is 9.59 Å². The molecular weight excluding hydrogens is 366 g/mol. The van der Waals surface area contributed by atoms with Crippen LogP contribution < -0.4 is 10.5 Å². The van der Waals surface area contributed by atoms with Crippen molar-refractivity contribution in [2.24, 2.45) is 5.73 Å². The Labute approximate surface area is 169 Å². The van der Waals surface area contributed by atoms with Crippen molar-refractivity contribution >= 4 is 23.5 Å². The molecule has 0 aliphatic rings. The largest absolute Gasteiger partial charge is 0.496 e. The Hall–Kier alpha value is -3.86. The summed E-state index contributed by atoms with van der Waals surface area (Å²) in [5, 5.41) is 0. The van der Waals surface area contributed by atoms with Gasteiger partial charge in [0.25, 0.3) is 0 Å². The summed E-state index contributed by atoms with van der Waals surface area (Å²) in [5.74, 6) is -0.353. The highest BCUT2D eigenvalue weighted by Gasteiger charge is 2.15. The molecule has 0 saturated heterocycles. The molecule has 3 aromatic carbocycles. The average Bonchev–Trinajstić information content (AvgIpc) is 2.76. The van der Waals surface area contributed by atoms with Gasteiger partial charge in [-0.05, 0) is 35.4 Å². The second kappa shape index (κ2) is 9.37. The first-order valence-electron chi connectivity index (χ1n) is 9.04. The zero-order chi connectivity index (χ0) is 20.6. The predicted octanol–water partition coefficient (Wildman–Crippen LogP) is 4.08. The molecule has 0 atom stereocenters. The van der Waals surface area contributed by atoms with Crippen molar-refractivity contribution in [2.45, 2.75) is 6.61 Å². The monoisotopic (exact) mass is 387 g/mol. The van der Waals surface area contributed by atoms with Crippen LogP contribution in [0.1, 0.15) is 27.0 Å². The molecule has 0 fully saturated rings. The number of nitrogens with two attached hydrogens (primary N) is 1. The highest BCUT2D eigenvalue weighted by Crippen LogP contribution is 2.25. The Bertz CT molecular complexity index is 1040. The Morgan fingerprint density at radius 1 is 0.897 bits per heavy atom. The number of methoxy groups -OCH3 is 1. The SMILES string of the molecule is COc1ccccc1/C=C(/C(=O)OCc1cccc(C(N)=O)c1)c1ccccc1. The molecule has 0 radical (unpaired) electrons. The summed E-state index contributed by atoms with van der Waals surface area (Å²) < 4.78 is 10.9. The van der Waals surface area contributed by atoms with Crippen molar-refractivity contribution in [1.29, 1.82) is 0 Å². The minimum atomic E-state index is -0.529. The number of hydrogen-bond acceptors (Lipinski definition) is 4. The smallest absolute Gasteiger partial charge is 0.339 e. The maximum absolute atomic E-state index is 12.9. The molecule has 0 saturated carbocycles. The number of carbonyl (C=O) groups is 2. The number of benzene rings is 3. The molecule has 5 heteroatoms. The van der Waals surface area contributed by atoms with Crippen LogP contribution >= 0.6 is 0 Å². The third kappa shape index (κ3) is 5.11. The van der Waals surface area contributed by atoms with Crippen LogP contribution in [0.15, 0.2) is 78.9 Å². The molecule has 3 rings (SSSR count). The van der Waals surface area contributed by atoms with Gasteiger partial charge in [0.2, 0.25) is 5.91 Å². The van der Waals surface area contributed by atoms with Crippen LogP contribution in [0.25, 0.3) is 11.6 Å². The highest BCUT2D eigenvalue weighted by molar-refractivity contribution is 6.21. The summed E-state index contributed by atoms with van der Waals surface area (Å²) in [5.41, 5.74) is 8.26. The number of esters is 1. The third-order valence-corrected chi connectivity index (χ3v) is 4.32. The van der Waals surface area contributed by atoms with Gasteiger partial charge >= 0.3 is 5.97 Å². The fourth-order valence-corrected chi connectivity index (χ4v) is 2.86. The highest BCUT2D eigenvalue weighted by atomic mass is 16.5. The Morgan fingerprint density at radius 3 is 2.31 bits per heavy atom. The molecule has 2 N–H and O–H groups in total. The topological polar surface area (TPSA) is 78.6 Å². The molecule has 146 valence electrons. The summed E-state index contributed by atoms with van der Waals surface area (Å²) in [4.78, 5) is 24.3. The third-order valence-electron chi connectivity index (χ3n) is 4.32. The van der Waals surface area contributed by atoms with Crippen LogP contribution in [0.3, 0.4) is 0 Å². The van der Waals surface area contributed by atoms with Crippen molar-refractivity contribution in [1.82, 2.24) is 0 Å². The number of para-hydroxylation sites is 1. The van der Waals surface area contributed by atoms with Crippen molar-refractivity contribution in [3.63, 3.8) is 0 Å².